The van der Waals surface area contributed by atoms with Crippen molar-refractivity contribution in [2.24, 2.45) is 0 Å². The van der Waals surface area contributed by atoms with Gasteiger partial charge in [-0.15, -0.1) is 0 Å². The van der Waals surface area contributed by atoms with E-state index in [0.717, 1.165) is 11.1 Å². The summed E-state index contributed by atoms with van der Waals surface area (Å²) in [6.45, 7) is 2.03. The van der Waals surface area contributed by atoms with Crippen molar-refractivity contribution in [1.82, 2.24) is 0 Å². The van der Waals surface area contributed by atoms with Gasteiger partial charge in [-0.05, 0) is 42.8 Å². The van der Waals surface area contributed by atoms with Gasteiger partial charge in [0, 0.05) is 5.56 Å². The number of nitrogens with zero attached hydrogens (tertiary/aromatic N) is 1. The van der Waals surface area contributed by atoms with E-state index in [2.05, 4.69) is 6.07 Å². The van der Waals surface area contributed by atoms with E-state index in [0.29, 0.717) is 23.7 Å². The van der Waals surface area contributed by atoms with E-state index in [1.807, 2.05) is 24.3 Å². The molecule has 0 bridgehead atoms. The first-order valence-corrected chi connectivity index (χ1v) is 6.62. The Bertz CT molecular complexity index is 642. The highest BCUT2D eigenvalue weighted by Gasteiger charge is 2.06. The van der Waals surface area contributed by atoms with Crippen molar-refractivity contribution in [2.75, 3.05) is 7.11 Å². The number of rotatable bonds is 5. The predicted molar refractivity (Wildman–Crippen MR) is 79.1 cm³/mol. The van der Waals surface area contributed by atoms with Gasteiger partial charge in [-0.1, -0.05) is 12.1 Å². The topological polar surface area (TPSA) is 62.5 Å². The summed E-state index contributed by atoms with van der Waals surface area (Å²) < 4.78 is 11.0. The third kappa shape index (κ3) is 3.74. The van der Waals surface area contributed by atoms with Crippen LogP contribution in [0.3, 0.4) is 0 Å². The van der Waals surface area contributed by atoms with E-state index in [9.17, 15) is 5.11 Å². The molecule has 0 fully saturated rings. The van der Waals surface area contributed by atoms with Crippen LogP contribution >= 0.6 is 0 Å². The van der Waals surface area contributed by atoms with E-state index < -0.39 is 6.10 Å². The highest BCUT2D eigenvalue weighted by Crippen LogP contribution is 2.23. The van der Waals surface area contributed by atoms with Crippen molar-refractivity contribution < 1.29 is 14.6 Å². The Balaban J connectivity index is 2.10. The lowest BCUT2D eigenvalue weighted by molar-refractivity contribution is 0.199. The van der Waals surface area contributed by atoms with Crippen LogP contribution in [0.5, 0.6) is 11.5 Å². The Hall–Kier alpha value is -2.51. The lowest BCUT2D eigenvalue weighted by Crippen LogP contribution is -2.00. The van der Waals surface area contributed by atoms with Crippen molar-refractivity contribution in [1.29, 1.82) is 5.26 Å². The number of ether oxygens (including phenoxy) is 2. The van der Waals surface area contributed by atoms with Crippen molar-refractivity contribution in [3.8, 4) is 17.6 Å². The van der Waals surface area contributed by atoms with Crippen molar-refractivity contribution in [3.05, 3.63) is 59.2 Å². The van der Waals surface area contributed by atoms with Crippen LogP contribution in [0.4, 0.5) is 0 Å². The minimum Gasteiger partial charge on any atom is -0.496 e. The highest BCUT2D eigenvalue weighted by molar-refractivity contribution is 5.42. The summed E-state index contributed by atoms with van der Waals surface area (Å²) in [5, 5.41) is 18.4. The van der Waals surface area contributed by atoms with E-state index in [1.54, 1.807) is 32.2 Å². The molecule has 0 unspecified atom stereocenters. The number of methoxy groups -OCH3 is 1. The molecule has 0 aromatic heterocycles. The zero-order chi connectivity index (χ0) is 15.2. The number of aliphatic hydroxyl groups excluding tert-OH is 1. The molecule has 0 amide bonds. The summed E-state index contributed by atoms with van der Waals surface area (Å²) in [7, 11) is 1.59. The average Bonchev–Trinajstić information content (AvgIpc) is 2.52. The van der Waals surface area contributed by atoms with Crippen LogP contribution in [0.1, 0.15) is 29.7 Å². The van der Waals surface area contributed by atoms with E-state index >= 15 is 0 Å². The lowest BCUT2D eigenvalue weighted by atomic mass is 10.1. The molecule has 1 atom stereocenters. The molecule has 0 saturated heterocycles. The van der Waals surface area contributed by atoms with Crippen LogP contribution in [0.2, 0.25) is 0 Å². The molecule has 1 N–H and O–H groups in total. The maximum absolute atomic E-state index is 9.46. The first-order valence-electron chi connectivity index (χ1n) is 6.62. The molecular weight excluding hydrogens is 266 g/mol. The third-order valence-corrected chi connectivity index (χ3v) is 3.17. The maximum atomic E-state index is 9.46. The molecule has 108 valence electrons. The summed E-state index contributed by atoms with van der Waals surface area (Å²) in [5.41, 5.74) is 2.22. The van der Waals surface area contributed by atoms with Gasteiger partial charge in [-0.3, -0.25) is 0 Å². The molecule has 0 heterocycles. The van der Waals surface area contributed by atoms with Gasteiger partial charge in [0.15, 0.2) is 0 Å². The van der Waals surface area contributed by atoms with Crippen LogP contribution in [0.15, 0.2) is 42.5 Å². The first kappa shape index (κ1) is 14.9. The molecule has 2 aromatic carbocycles. The van der Waals surface area contributed by atoms with Gasteiger partial charge in [0.2, 0.25) is 0 Å². The standard InChI is InChI=1S/C17H17NO3/c1-12(19)14-4-6-16(7-5-14)21-11-15-9-13(10-18)3-8-17(15)20-2/h3-9,12,19H,11H2,1-2H3/t12-/m0/s1. The monoisotopic (exact) mass is 283 g/mol. The van der Waals surface area contributed by atoms with Gasteiger partial charge in [0.05, 0.1) is 24.8 Å². The smallest absolute Gasteiger partial charge is 0.125 e. The van der Waals surface area contributed by atoms with Gasteiger partial charge in [-0.25, -0.2) is 0 Å². The Kier molecular flexibility index (Phi) is 4.81. The van der Waals surface area contributed by atoms with Crippen molar-refractivity contribution in [3.63, 3.8) is 0 Å². The third-order valence-electron chi connectivity index (χ3n) is 3.17. The van der Waals surface area contributed by atoms with Gasteiger partial charge in [0.1, 0.15) is 18.1 Å². The van der Waals surface area contributed by atoms with Gasteiger partial charge in [-0.2, -0.15) is 5.26 Å². The van der Waals surface area contributed by atoms with Crippen LogP contribution in [-0.2, 0) is 6.61 Å². The Morgan fingerprint density at radius 2 is 1.90 bits per heavy atom. The average molecular weight is 283 g/mol. The molecule has 4 heteroatoms. The number of hydrogen-bond donors (Lipinski definition) is 1. The first-order chi connectivity index (χ1) is 10.1. The number of benzene rings is 2. The highest BCUT2D eigenvalue weighted by atomic mass is 16.5. The summed E-state index contributed by atoms with van der Waals surface area (Å²) in [6.07, 6.45) is -0.494. The molecule has 0 aliphatic carbocycles. The molecule has 0 radical (unpaired) electrons. The maximum Gasteiger partial charge on any atom is 0.125 e. The number of hydrogen-bond acceptors (Lipinski definition) is 4. The summed E-state index contributed by atoms with van der Waals surface area (Å²) in [6, 6.07) is 14.6. The molecule has 2 aromatic rings. The molecule has 0 aliphatic heterocycles. The lowest BCUT2D eigenvalue weighted by Gasteiger charge is -2.11. The molecule has 0 spiro atoms. The minimum absolute atomic E-state index is 0.312. The SMILES string of the molecule is COc1ccc(C#N)cc1COc1ccc([C@H](C)O)cc1. The molecular formula is C17H17NO3. The Labute approximate surface area is 124 Å². The van der Waals surface area contributed by atoms with Crippen LogP contribution in [0, 0.1) is 11.3 Å². The van der Waals surface area contributed by atoms with E-state index in [1.165, 1.54) is 0 Å². The van der Waals surface area contributed by atoms with Crippen LogP contribution in [0.25, 0.3) is 0 Å². The molecule has 2 rings (SSSR count). The molecule has 0 aliphatic rings. The summed E-state index contributed by atoms with van der Waals surface area (Å²) in [4.78, 5) is 0. The number of aliphatic hydroxyl groups is 1. The zero-order valence-electron chi connectivity index (χ0n) is 12.0. The summed E-state index contributed by atoms with van der Waals surface area (Å²) >= 11 is 0. The van der Waals surface area contributed by atoms with Gasteiger partial charge in [0.25, 0.3) is 0 Å². The predicted octanol–water partition coefficient (Wildman–Crippen LogP) is 3.20. The zero-order valence-corrected chi connectivity index (χ0v) is 12.0. The second kappa shape index (κ2) is 6.78. The Morgan fingerprint density at radius 3 is 2.48 bits per heavy atom. The molecule has 4 nitrogen and oxygen atoms in total. The quantitative estimate of drug-likeness (QED) is 0.915. The number of nitriles is 1. The molecule has 0 saturated carbocycles. The largest absolute Gasteiger partial charge is 0.496 e. The van der Waals surface area contributed by atoms with E-state index in [4.69, 9.17) is 14.7 Å². The fraction of sp³-hybridized carbons (Fsp3) is 0.235. The fourth-order valence-corrected chi connectivity index (χ4v) is 1.96. The van der Waals surface area contributed by atoms with Gasteiger partial charge < -0.3 is 14.6 Å². The fourth-order valence-electron chi connectivity index (χ4n) is 1.96. The van der Waals surface area contributed by atoms with Crippen LogP contribution < -0.4 is 9.47 Å². The van der Waals surface area contributed by atoms with Gasteiger partial charge >= 0.3 is 0 Å². The second-order valence-electron chi connectivity index (χ2n) is 4.67. The minimum atomic E-state index is -0.494. The van der Waals surface area contributed by atoms with Crippen molar-refractivity contribution in [2.45, 2.75) is 19.6 Å². The molecule has 21 heavy (non-hydrogen) atoms. The van der Waals surface area contributed by atoms with Crippen LogP contribution in [-0.4, -0.2) is 12.2 Å². The van der Waals surface area contributed by atoms with E-state index in [-0.39, 0.29) is 0 Å². The second-order valence-corrected chi connectivity index (χ2v) is 4.67. The normalized spacial score (nSPS) is 11.5. The summed E-state index contributed by atoms with van der Waals surface area (Å²) in [5.74, 6) is 1.39. The van der Waals surface area contributed by atoms with Crippen molar-refractivity contribution >= 4 is 0 Å². The Morgan fingerprint density at radius 1 is 1.19 bits per heavy atom.